The quantitative estimate of drug-likeness (QED) is 0.724. The summed E-state index contributed by atoms with van der Waals surface area (Å²) in [5.74, 6) is 0. The molecule has 0 bridgehead atoms. The molecule has 0 fully saturated rings. The Kier molecular flexibility index (Phi) is 2.98. The van der Waals surface area contributed by atoms with Gasteiger partial charge < -0.3 is 9.73 Å². The van der Waals surface area contributed by atoms with Crippen molar-refractivity contribution in [1.29, 1.82) is 0 Å². The zero-order valence-electron chi connectivity index (χ0n) is 7.89. The molecule has 1 N–H and O–H groups in total. The van der Waals surface area contributed by atoms with Crippen LogP contribution in [0.4, 0.5) is 0 Å². The summed E-state index contributed by atoms with van der Waals surface area (Å²) < 4.78 is 6.86. The summed E-state index contributed by atoms with van der Waals surface area (Å²) in [7, 11) is 0. The SMILES string of the molecule is c1cnn(CCNCc2ccoc2)c1. The molecule has 0 radical (unpaired) electrons. The van der Waals surface area contributed by atoms with Gasteiger partial charge in [0, 0.05) is 31.0 Å². The fourth-order valence-electron chi connectivity index (χ4n) is 1.25. The van der Waals surface area contributed by atoms with Gasteiger partial charge in [0.2, 0.25) is 0 Å². The molecule has 2 aromatic rings. The van der Waals surface area contributed by atoms with Gasteiger partial charge >= 0.3 is 0 Å². The number of furan rings is 1. The molecule has 0 aliphatic rings. The average molecular weight is 191 g/mol. The van der Waals surface area contributed by atoms with Crippen LogP contribution in [0.3, 0.4) is 0 Å². The standard InChI is InChI=1S/C10H13N3O/c1-3-12-13(5-1)6-4-11-8-10-2-7-14-9-10/h1-3,5,7,9,11H,4,6,8H2. The molecule has 0 aliphatic heterocycles. The maximum Gasteiger partial charge on any atom is 0.0947 e. The van der Waals surface area contributed by atoms with Crippen molar-refractivity contribution in [1.82, 2.24) is 15.1 Å². The van der Waals surface area contributed by atoms with E-state index in [0.717, 1.165) is 19.6 Å². The van der Waals surface area contributed by atoms with Crippen LogP contribution >= 0.6 is 0 Å². The van der Waals surface area contributed by atoms with Crippen LogP contribution in [0.5, 0.6) is 0 Å². The molecule has 2 heterocycles. The van der Waals surface area contributed by atoms with Crippen molar-refractivity contribution in [3.63, 3.8) is 0 Å². The maximum atomic E-state index is 4.96. The Hall–Kier alpha value is -1.55. The van der Waals surface area contributed by atoms with E-state index in [-0.39, 0.29) is 0 Å². The van der Waals surface area contributed by atoms with E-state index in [1.807, 2.05) is 23.0 Å². The lowest BCUT2D eigenvalue weighted by atomic mass is 10.3. The Morgan fingerprint density at radius 1 is 1.50 bits per heavy atom. The van der Waals surface area contributed by atoms with Crippen LogP contribution in [0.2, 0.25) is 0 Å². The minimum atomic E-state index is 0.845. The van der Waals surface area contributed by atoms with Crippen LogP contribution in [-0.4, -0.2) is 16.3 Å². The van der Waals surface area contributed by atoms with E-state index in [0.29, 0.717) is 0 Å². The number of nitrogens with zero attached hydrogens (tertiary/aromatic N) is 2. The number of hydrogen-bond donors (Lipinski definition) is 1. The van der Waals surface area contributed by atoms with E-state index in [4.69, 9.17) is 4.42 Å². The molecule has 2 rings (SSSR count). The first-order valence-corrected chi connectivity index (χ1v) is 4.64. The second kappa shape index (κ2) is 4.62. The second-order valence-electron chi connectivity index (χ2n) is 3.08. The normalized spacial score (nSPS) is 10.6. The molecule has 0 saturated heterocycles. The summed E-state index contributed by atoms with van der Waals surface area (Å²) >= 11 is 0. The molecule has 4 heteroatoms. The Bertz CT molecular complexity index is 303. The molecule has 0 unspecified atom stereocenters. The van der Waals surface area contributed by atoms with Crippen LogP contribution in [0.15, 0.2) is 41.5 Å². The number of nitrogens with one attached hydrogen (secondary N) is 1. The lowest BCUT2D eigenvalue weighted by molar-refractivity contribution is 0.543. The van der Waals surface area contributed by atoms with Crippen molar-refractivity contribution in [3.8, 4) is 0 Å². The van der Waals surface area contributed by atoms with Crippen LogP contribution in [0, 0.1) is 0 Å². The molecule has 0 atom stereocenters. The van der Waals surface area contributed by atoms with Crippen molar-refractivity contribution >= 4 is 0 Å². The summed E-state index contributed by atoms with van der Waals surface area (Å²) in [6.07, 6.45) is 7.18. The van der Waals surface area contributed by atoms with Crippen LogP contribution in [-0.2, 0) is 13.1 Å². The average Bonchev–Trinajstić information content (AvgIpc) is 2.86. The van der Waals surface area contributed by atoms with Gasteiger partial charge in [-0.15, -0.1) is 0 Å². The van der Waals surface area contributed by atoms with Gasteiger partial charge in [0.15, 0.2) is 0 Å². The van der Waals surface area contributed by atoms with Gasteiger partial charge in [-0.2, -0.15) is 5.10 Å². The van der Waals surface area contributed by atoms with Crippen molar-refractivity contribution in [2.24, 2.45) is 0 Å². The molecule has 0 aliphatic carbocycles. The number of rotatable bonds is 5. The highest BCUT2D eigenvalue weighted by Crippen LogP contribution is 1.97. The molecule has 0 amide bonds. The third kappa shape index (κ3) is 2.47. The predicted molar refractivity (Wildman–Crippen MR) is 52.6 cm³/mol. The van der Waals surface area contributed by atoms with Gasteiger partial charge in [-0.05, 0) is 12.1 Å². The van der Waals surface area contributed by atoms with Crippen molar-refractivity contribution < 1.29 is 4.42 Å². The topological polar surface area (TPSA) is 43.0 Å². The molecule has 0 spiro atoms. The van der Waals surface area contributed by atoms with E-state index in [1.54, 1.807) is 18.7 Å². The first kappa shape index (κ1) is 9.02. The van der Waals surface area contributed by atoms with Gasteiger partial charge in [-0.1, -0.05) is 0 Å². The second-order valence-corrected chi connectivity index (χ2v) is 3.08. The van der Waals surface area contributed by atoms with E-state index in [2.05, 4.69) is 10.4 Å². The smallest absolute Gasteiger partial charge is 0.0947 e. The molecule has 74 valence electrons. The number of aromatic nitrogens is 2. The van der Waals surface area contributed by atoms with Crippen molar-refractivity contribution in [2.45, 2.75) is 13.1 Å². The van der Waals surface area contributed by atoms with E-state index in [9.17, 15) is 0 Å². The maximum absolute atomic E-state index is 4.96. The zero-order chi connectivity index (χ0) is 9.64. The highest BCUT2D eigenvalue weighted by atomic mass is 16.3. The highest BCUT2D eigenvalue weighted by molar-refractivity contribution is 5.04. The van der Waals surface area contributed by atoms with Gasteiger partial charge in [-0.25, -0.2) is 0 Å². The summed E-state index contributed by atoms with van der Waals surface area (Å²) in [6, 6.07) is 3.89. The lowest BCUT2D eigenvalue weighted by Crippen LogP contribution is -2.19. The van der Waals surface area contributed by atoms with E-state index in [1.165, 1.54) is 5.56 Å². The first-order chi connectivity index (χ1) is 6.95. The zero-order valence-corrected chi connectivity index (χ0v) is 7.89. The largest absolute Gasteiger partial charge is 0.472 e. The molecule has 14 heavy (non-hydrogen) atoms. The monoisotopic (exact) mass is 191 g/mol. The Morgan fingerprint density at radius 2 is 2.50 bits per heavy atom. The predicted octanol–water partition coefficient (Wildman–Crippen LogP) is 1.27. The Labute approximate surface area is 82.5 Å². The van der Waals surface area contributed by atoms with E-state index < -0.39 is 0 Å². The summed E-state index contributed by atoms with van der Waals surface area (Å²) in [5.41, 5.74) is 1.17. The molecule has 2 aromatic heterocycles. The van der Waals surface area contributed by atoms with Gasteiger partial charge in [0.1, 0.15) is 0 Å². The Balaban J connectivity index is 1.65. The van der Waals surface area contributed by atoms with Gasteiger partial charge in [0.25, 0.3) is 0 Å². The third-order valence-electron chi connectivity index (χ3n) is 1.99. The summed E-state index contributed by atoms with van der Waals surface area (Å²) in [6.45, 7) is 2.65. The lowest BCUT2D eigenvalue weighted by Gasteiger charge is -2.02. The van der Waals surface area contributed by atoms with E-state index >= 15 is 0 Å². The van der Waals surface area contributed by atoms with Crippen LogP contribution in [0.25, 0.3) is 0 Å². The minimum absolute atomic E-state index is 0.845. The molecule has 0 saturated carbocycles. The fraction of sp³-hybridized carbons (Fsp3) is 0.300. The summed E-state index contributed by atoms with van der Waals surface area (Å²) in [4.78, 5) is 0. The minimum Gasteiger partial charge on any atom is -0.472 e. The van der Waals surface area contributed by atoms with Gasteiger partial charge in [0.05, 0.1) is 19.1 Å². The molecule has 4 nitrogen and oxygen atoms in total. The van der Waals surface area contributed by atoms with Crippen LogP contribution < -0.4 is 5.32 Å². The molecular formula is C10H13N3O. The highest BCUT2D eigenvalue weighted by Gasteiger charge is 1.93. The third-order valence-corrected chi connectivity index (χ3v) is 1.99. The summed E-state index contributed by atoms with van der Waals surface area (Å²) in [5, 5.41) is 7.41. The molecule has 0 aromatic carbocycles. The number of hydrogen-bond acceptors (Lipinski definition) is 3. The Morgan fingerprint density at radius 3 is 3.21 bits per heavy atom. The first-order valence-electron chi connectivity index (χ1n) is 4.64. The van der Waals surface area contributed by atoms with Crippen molar-refractivity contribution in [3.05, 3.63) is 42.6 Å². The molecular weight excluding hydrogens is 178 g/mol. The fourth-order valence-corrected chi connectivity index (χ4v) is 1.25. The van der Waals surface area contributed by atoms with Crippen molar-refractivity contribution in [2.75, 3.05) is 6.54 Å². The van der Waals surface area contributed by atoms with Gasteiger partial charge in [-0.3, -0.25) is 4.68 Å². The van der Waals surface area contributed by atoms with Crippen LogP contribution in [0.1, 0.15) is 5.56 Å².